The molecular weight excluding hydrogens is 490 g/mol. The molecule has 0 saturated heterocycles. The van der Waals surface area contributed by atoms with Crippen LogP contribution in [0.3, 0.4) is 0 Å². The topological polar surface area (TPSA) is 116 Å². The highest BCUT2D eigenvalue weighted by atomic mass is 32.2. The number of fused-ring (bicyclic) bond motifs is 1. The summed E-state index contributed by atoms with van der Waals surface area (Å²) in [4.78, 5) is 29.6. The second-order valence-corrected chi connectivity index (χ2v) is 9.27. The van der Waals surface area contributed by atoms with Crippen LogP contribution < -0.4 is 10.5 Å². The molecule has 1 amide bonds. The van der Waals surface area contributed by atoms with Gasteiger partial charge in [-0.1, -0.05) is 36.9 Å². The third kappa shape index (κ3) is 5.56. The van der Waals surface area contributed by atoms with Gasteiger partial charge in [-0.25, -0.2) is 9.79 Å². The molecule has 9 heteroatoms. The van der Waals surface area contributed by atoms with Gasteiger partial charge < -0.3 is 24.9 Å². The average Bonchev–Trinajstić information content (AvgIpc) is 3.37. The quantitative estimate of drug-likeness (QED) is 0.372. The van der Waals surface area contributed by atoms with Crippen LogP contribution in [0.1, 0.15) is 31.9 Å². The number of hydrogen-bond acceptors (Lipinski definition) is 7. The van der Waals surface area contributed by atoms with Crippen LogP contribution in [0.15, 0.2) is 69.9 Å². The summed E-state index contributed by atoms with van der Waals surface area (Å²) in [5.41, 5.74) is 8.89. The number of hydrogen-bond donors (Lipinski definition) is 2. The minimum absolute atomic E-state index is 0.0158. The Balaban J connectivity index is 1.80. The number of thioether (sulfide) groups is 1. The number of carbonyl (C=O) groups is 2. The van der Waals surface area contributed by atoms with Gasteiger partial charge in [0.2, 0.25) is 5.91 Å². The molecule has 37 heavy (non-hydrogen) atoms. The van der Waals surface area contributed by atoms with Crippen molar-refractivity contribution in [2.45, 2.75) is 33.7 Å². The molecule has 0 unspecified atom stereocenters. The highest BCUT2D eigenvalue weighted by Gasteiger charge is 2.33. The van der Waals surface area contributed by atoms with Crippen molar-refractivity contribution in [1.82, 2.24) is 4.57 Å². The number of aryl methyl sites for hydroxylation is 1. The van der Waals surface area contributed by atoms with Crippen LogP contribution in [-0.4, -0.2) is 39.8 Å². The lowest BCUT2D eigenvalue weighted by Gasteiger charge is -2.06. The summed E-state index contributed by atoms with van der Waals surface area (Å²) >= 11 is 1.18. The second kappa shape index (κ2) is 11.4. The van der Waals surface area contributed by atoms with Gasteiger partial charge in [0.05, 0.1) is 29.3 Å². The van der Waals surface area contributed by atoms with E-state index in [4.69, 9.17) is 15.2 Å². The molecule has 0 bridgehead atoms. The maximum atomic E-state index is 12.8. The first kappa shape index (κ1) is 26.1. The normalized spacial score (nSPS) is 15.6. The maximum absolute atomic E-state index is 12.8. The van der Waals surface area contributed by atoms with Gasteiger partial charge in [-0.05, 0) is 56.2 Å². The van der Waals surface area contributed by atoms with Crippen molar-refractivity contribution < 1.29 is 24.2 Å². The van der Waals surface area contributed by atoms with Crippen LogP contribution in [0.2, 0.25) is 0 Å². The van der Waals surface area contributed by atoms with Gasteiger partial charge >= 0.3 is 5.97 Å². The molecular formula is C28H29N3O5S. The number of primary amides is 1. The summed E-state index contributed by atoms with van der Waals surface area (Å²) < 4.78 is 12.5. The number of aliphatic hydroxyl groups excluding tert-OH is 1. The number of rotatable bonds is 9. The fourth-order valence-corrected chi connectivity index (χ4v) is 5.22. The van der Waals surface area contributed by atoms with Gasteiger partial charge in [-0.3, -0.25) is 4.79 Å². The van der Waals surface area contributed by atoms with Gasteiger partial charge in [-0.2, -0.15) is 0 Å². The summed E-state index contributed by atoms with van der Waals surface area (Å²) in [7, 11) is 0. The van der Waals surface area contributed by atoms with Crippen molar-refractivity contribution in [3.8, 4) is 5.75 Å². The van der Waals surface area contributed by atoms with Crippen molar-refractivity contribution >= 4 is 51.3 Å². The first-order valence-corrected chi connectivity index (χ1v) is 12.9. The lowest BCUT2D eigenvalue weighted by Crippen LogP contribution is -2.18. The van der Waals surface area contributed by atoms with Crippen LogP contribution in [0.25, 0.3) is 17.0 Å². The molecule has 3 aromatic rings. The van der Waals surface area contributed by atoms with E-state index < -0.39 is 11.9 Å². The number of esters is 1. The second-order valence-electron chi connectivity index (χ2n) is 8.24. The van der Waals surface area contributed by atoms with Crippen molar-refractivity contribution in [2.75, 3.05) is 13.2 Å². The number of amides is 1. The molecule has 2 heterocycles. The lowest BCUT2D eigenvalue weighted by atomic mass is 10.1. The SMILES string of the molecule is CCOC(=O)C1=C(O)/C(=C/c2cn(CC(N)=O)c3c(CC)cccc23)SC1=Nc1ccc(OCC)cc1. The fraction of sp³-hybridized carbons (Fsp3) is 0.250. The molecule has 4 rings (SSSR count). The van der Waals surface area contributed by atoms with Gasteiger partial charge in [0, 0.05) is 17.1 Å². The molecule has 0 spiro atoms. The number of ether oxygens (including phenoxy) is 2. The number of nitrogens with zero attached hydrogens (tertiary/aromatic N) is 2. The molecule has 3 N–H and O–H groups in total. The number of aliphatic hydroxyl groups is 1. The van der Waals surface area contributed by atoms with Crippen LogP contribution in [0, 0.1) is 0 Å². The summed E-state index contributed by atoms with van der Waals surface area (Å²) in [5, 5.41) is 12.4. The van der Waals surface area contributed by atoms with Crippen LogP contribution in [-0.2, 0) is 27.3 Å². The van der Waals surface area contributed by atoms with Gasteiger partial charge in [0.15, 0.2) is 0 Å². The molecule has 1 aliphatic rings. The van der Waals surface area contributed by atoms with Crippen molar-refractivity contribution in [2.24, 2.45) is 10.7 Å². The van der Waals surface area contributed by atoms with Crippen molar-refractivity contribution in [3.63, 3.8) is 0 Å². The van der Waals surface area contributed by atoms with E-state index in [1.165, 1.54) is 11.8 Å². The van der Waals surface area contributed by atoms with Crippen LogP contribution in [0.4, 0.5) is 5.69 Å². The van der Waals surface area contributed by atoms with E-state index in [1.807, 2.05) is 42.8 Å². The summed E-state index contributed by atoms with van der Waals surface area (Å²) in [5.74, 6) is -0.580. The molecule has 0 saturated carbocycles. The van der Waals surface area contributed by atoms with Gasteiger partial charge in [0.1, 0.15) is 28.7 Å². The van der Waals surface area contributed by atoms with E-state index in [2.05, 4.69) is 4.99 Å². The van der Waals surface area contributed by atoms with Crippen molar-refractivity contribution in [1.29, 1.82) is 0 Å². The lowest BCUT2D eigenvalue weighted by molar-refractivity contribution is -0.138. The number of carbonyl (C=O) groups excluding carboxylic acids is 2. The van der Waals surface area contributed by atoms with E-state index in [1.54, 1.807) is 37.3 Å². The number of nitrogens with two attached hydrogens (primary N) is 1. The van der Waals surface area contributed by atoms with Crippen molar-refractivity contribution in [3.05, 3.63) is 76.0 Å². The van der Waals surface area contributed by atoms with E-state index in [0.29, 0.717) is 28.0 Å². The Morgan fingerprint density at radius 2 is 1.86 bits per heavy atom. The largest absolute Gasteiger partial charge is 0.506 e. The van der Waals surface area contributed by atoms with Crippen LogP contribution in [0.5, 0.6) is 5.75 Å². The van der Waals surface area contributed by atoms with E-state index in [-0.39, 0.29) is 24.5 Å². The Labute approximate surface area is 219 Å². The predicted molar refractivity (Wildman–Crippen MR) is 147 cm³/mol. The Kier molecular flexibility index (Phi) is 8.03. The maximum Gasteiger partial charge on any atom is 0.344 e. The molecule has 1 aliphatic heterocycles. The first-order valence-electron chi connectivity index (χ1n) is 12.1. The Morgan fingerprint density at radius 1 is 1.11 bits per heavy atom. The standard InChI is InChI=1S/C28H29N3O5S/c1-4-17-8-7-9-21-18(15-31(25(17)21)16-23(29)32)14-22-26(33)24(28(34)36-6-3)27(37-22)30-19-10-12-20(13-11-19)35-5-2/h7-15,33H,4-6,16H2,1-3H3,(H2,29,32)/b22-14-,30-27?. The third-order valence-electron chi connectivity index (χ3n) is 5.76. The van der Waals surface area contributed by atoms with Gasteiger partial charge in [-0.15, -0.1) is 0 Å². The Hall–Kier alpha value is -3.98. The smallest absolute Gasteiger partial charge is 0.344 e. The van der Waals surface area contributed by atoms with E-state index in [0.717, 1.165) is 28.5 Å². The first-order chi connectivity index (χ1) is 17.9. The minimum atomic E-state index is -0.648. The zero-order valence-electron chi connectivity index (χ0n) is 21.0. The Morgan fingerprint density at radius 3 is 2.51 bits per heavy atom. The average molecular weight is 520 g/mol. The summed E-state index contributed by atoms with van der Waals surface area (Å²) in [6, 6.07) is 13.1. The fourth-order valence-electron chi connectivity index (χ4n) is 4.19. The van der Waals surface area contributed by atoms with Gasteiger partial charge in [0.25, 0.3) is 0 Å². The molecule has 192 valence electrons. The monoisotopic (exact) mass is 519 g/mol. The molecule has 0 atom stereocenters. The number of aliphatic imine (C=N–C) groups is 1. The third-order valence-corrected chi connectivity index (χ3v) is 6.77. The minimum Gasteiger partial charge on any atom is -0.506 e. The summed E-state index contributed by atoms with van der Waals surface area (Å²) in [6.07, 6.45) is 4.40. The summed E-state index contributed by atoms with van der Waals surface area (Å²) in [6.45, 7) is 6.41. The predicted octanol–water partition coefficient (Wildman–Crippen LogP) is 5.28. The Bertz CT molecular complexity index is 1430. The molecule has 8 nitrogen and oxygen atoms in total. The molecule has 0 radical (unpaired) electrons. The zero-order valence-corrected chi connectivity index (χ0v) is 21.8. The van der Waals surface area contributed by atoms with E-state index >= 15 is 0 Å². The highest BCUT2D eigenvalue weighted by Crippen LogP contribution is 2.41. The zero-order chi connectivity index (χ0) is 26.5. The molecule has 2 aromatic carbocycles. The number of benzene rings is 2. The molecule has 0 aliphatic carbocycles. The highest BCUT2D eigenvalue weighted by molar-refractivity contribution is 8.18. The molecule has 1 aromatic heterocycles. The molecule has 0 fully saturated rings. The van der Waals surface area contributed by atoms with E-state index in [9.17, 15) is 14.7 Å². The van der Waals surface area contributed by atoms with Crippen LogP contribution >= 0.6 is 11.8 Å². The number of para-hydroxylation sites is 1. The number of aromatic nitrogens is 1.